The molecule has 1 fully saturated rings. The zero-order chi connectivity index (χ0) is 16.9. The topological polar surface area (TPSA) is 38.3 Å². The Morgan fingerprint density at radius 3 is 2.42 bits per heavy atom. The van der Waals surface area contributed by atoms with Gasteiger partial charge in [-0.1, -0.05) is 24.3 Å². The van der Waals surface area contributed by atoms with Crippen molar-refractivity contribution in [2.45, 2.75) is 37.8 Å². The lowest BCUT2D eigenvalue weighted by Gasteiger charge is -2.28. The number of halogens is 1. The zero-order valence-corrected chi connectivity index (χ0v) is 13.8. The fourth-order valence-electron chi connectivity index (χ4n) is 3.19. The van der Waals surface area contributed by atoms with Crippen LogP contribution in [0.15, 0.2) is 48.5 Å². The van der Waals surface area contributed by atoms with Crippen LogP contribution in [0.25, 0.3) is 11.1 Å². The van der Waals surface area contributed by atoms with Crippen molar-refractivity contribution in [3.8, 4) is 11.1 Å². The van der Waals surface area contributed by atoms with E-state index < -0.39 is 0 Å². The van der Waals surface area contributed by atoms with E-state index in [1.807, 2.05) is 24.3 Å². The molecular weight excluding hydrogens is 305 g/mol. The Kier molecular flexibility index (Phi) is 5.26. The van der Waals surface area contributed by atoms with Crippen molar-refractivity contribution >= 4 is 5.91 Å². The molecule has 0 unspecified atom stereocenters. The molecule has 4 heteroatoms. The molecule has 1 N–H and O–H groups in total. The average molecular weight is 327 g/mol. The number of nitrogens with one attached hydrogen (secondary N) is 1. The van der Waals surface area contributed by atoms with Crippen molar-refractivity contribution in [1.29, 1.82) is 0 Å². The van der Waals surface area contributed by atoms with Gasteiger partial charge in [-0.2, -0.15) is 0 Å². The normalized spacial score (nSPS) is 20.6. The third kappa shape index (κ3) is 4.01. The molecule has 0 aromatic heterocycles. The summed E-state index contributed by atoms with van der Waals surface area (Å²) in [5, 5.41) is 3.11. The second kappa shape index (κ2) is 7.58. The van der Waals surface area contributed by atoms with Crippen LogP contribution in [0.1, 0.15) is 36.0 Å². The summed E-state index contributed by atoms with van der Waals surface area (Å²) < 4.78 is 18.4. The molecule has 0 bridgehead atoms. The van der Waals surface area contributed by atoms with Gasteiger partial charge >= 0.3 is 0 Å². The number of benzene rings is 2. The average Bonchev–Trinajstić information content (AvgIpc) is 2.63. The smallest absolute Gasteiger partial charge is 0.251 e. The van der Waals surface area contributed by atoms with E-state index in [0.29, 0.717) is 11.7 Å². The van der Waals surface area contributed by atoms with Crippen molar-refractivity contribution in [1.82, 2.24) is 5.32 Å². The minimum absolute atomic E-state index is 0.0557. The van der Waals surface area contributed by atoms with E-state index in [-0.39, 0.29) is 17.8 Å². The minimum atomic E-state index is -0.265. The predicted molar refractivity (Wildman–Crippen MR) is 92.4 cm³/mol. The van der Waals surface area contributed by atoms with E-state index in [9.17, 15) is 9.18 Å². The Bertz CT molecular complexity index is 691. The molecule has 2 aromatic carbocycles. The second-order valence-corrected chi connectivity index (χ2v) is 6.27. The molecule has 1 amide bonds. The molecule has 0 atom stereocenters. The van der Waals surface area contributed by atoms with Crippen molar-refractivity contribution in [3.63, 3.8) is 0 Å². The first-order valence-electron chi connectivity index (χ1n) is 8.35. The maximum Gasteiger partial charge on any atom is 0.251 e. The maximum atomic E-state index is 13.1. The molecule has 126 valence electrons. The summed E-state index contributed by atoms with van der Waals surface area (Å²) in [5.41, 5.74) is 2.43. The van der Waals surface area contributed by atoms with Gasteiger partial charge in [-0.15, -0.1) is 0 Å². The van der Waals surface area contributed by atoms with Gasteiger partial charge in [-0.25, -0.2) is 4.39 Å². The molecule has 24 heavy (non-hydrogen) atoms. The highest BCUT2D eigenvalue weighted by Crippen LogP contribution is 2.23. The van der Waals surface area contributed by atoms with Gasteiger partial charge in [-0.3, -0.25) is 4.79 Å². The molecule has 1 aliphatic rings. The van der Waals surface area contributed by atoms with Gasteiger partial charge in [0.1, 0.15) is 5.82 Å². The van der Waals surface area contributed by atoms with Gasteiger partial charge < -0.3 is 10.1 Å². The second-order valence-electron chi connectivity index (χ2n) is 6.27. The fraction of sp³-hybridized carbons (Fsp3) is 0.350. The maximum absolute atomic E-state index is 13.1. The number of carbonyl (C=O) groups is 1. The van der Waals surface area contributed by atoms with Crippen LogP contribution in [-0.4, -0.2) is 25.2 Å². The standard InChI is InChI=1S/C20H22FNO2/c1-24-19-11-9-18(10-12-19)22-20(23)16-4-2-3-15(13-16)14-5-7-17(21)8-6-14/h2-8,13,18-19H,9-12H2,1H3,(H,22,23). The third-order valence-corrected chi connectivity index (χ3v) is 4.65. The third-order valence-electron chi connectivity index (χ3n) is 4.65. The number of ether oxygens (including phenoxy) is 1. The van der Waals surface area contributed by atoms with Crippen molar-refractivity contribution in [3.05, 3.63) is 59.9 Å². The molecule has 0 heterocycles. The van der Waals surface area contributed by atoms with Crippen LogP contribution in [-0.2, 0) is 4.74 Å². The van der Waals surface area contributed by atoms with E-state index in [1.54, 1.807) is 19.2 Å². The first-order valence-corrected chi connectivity index (χ1v) is 8.35. The highest BCUT2D eigenvalue weighted by Gasteiger charge is 2.22. The summed E-state index contributed by atoms with van der Waals surface area (Å²) in [7, 11) is 1.74. The zero-order valence-electron chi connectivity index (χ0n) is 13.8. The number of amides is 1. The molecule has 0 aliphatic heterocycles. The largest absolute Gasteiger partial charge is 0.381 e. The quantitative estimate of drug-likeness (QED) is 0.915. The van der Waals surface area contributed by atoms with Crippen molar-refractivity contribution < 1.29 is 13.9 Å². The van der Waals surface area contributed by atoms with Crippen molar-refractivity contribution in [2.75, 3.05) is 7.11 Å². The highest BCUT2D eigenvalue weighted by atomic mass is 19.1. The van der Waals surface area contributed by atoms with Crippen molar-refractivity contribution in [2.24, 2.45) is 0 Å². The van der Waals surface area contributed by atoms with Gasteiger partial charge in [0.15, 0.2) is 0 Å². The Balaban J connectivity index is 1.67. The Morgan fingerprint density at radius 2 is 1.75 bits per heavy atom. The number of carbonyl (C=O) groups excluding carboxylic acids is 1. The Hall–Kier alpha value is -2.20. The molecule has 0 spiro atoms. The summed E-state index contributed by atoms with van der Waals surface area (Å²) in [6.07, 6.45) is 4.18. The molecule has 0 radical (unpaired) electrons. The van der Waals surface area contributed by atoms with Crippen LogP contribution < -0.4 is 5.32 Å². The van der Waals surface area contributed by atoms with Crippen LogP contribution in [0.3, 0.4) is 0 Å². The molecule has 0 saturated heterocycles. The SMILES string of the molecule is COC1CCC(NC(=O)c2cccc(-c3ccc(F)cc3)c2)CC1. The summed E-state index contributed by atoms with van der Waals surface area (Å²) in [4.78, 5) is 12.5. The van der Waals surface area contributed by atoms with E-state index >= 15 is 0 Å². The Morgan fingerprint density at radius 1 is 1.04 bits per heavy atom. The van der Waals surface area contributed by atoms with E-state index in [2.05, 4.69) is 5.32 Å². The molecule has 1 aliphatic carbocycles. The monoisotopic (exact) mass is 327 g/mol. The van der Waals surface area contributed by atoms with E-state index in [1.165, 1.54) is 12.1 Å². The van der Waals surface area contributed by atoms with Crippen LogP contribution >= 0.6 is 0 Å². The number of methoxy groups -OCH3 is 1. The molecule has 2 aromatic rings. The van der Waals surface area contributed by atoms with Gasteiger partial charge in [0, 0.05) is 18.7 Å². The number of hydrogen-bond donors (Lipinski definition) is 1. The van der Waals surface area contributed by atoms with Gasteiger partial charge in [-0.05, 0) is 61.1 Å². The Labute approximate surface area is 141 Å². The summed E-state index contributed by atoms with van der Waals surface area (Å²) in [6, 6.07) is 13.9. The molecular formula is C20H22FNO2. The van der Waals surface area contributed by atoms with Gasteiger partial charge in [0.25, 0.3) is 5.91 Å². The first-order chi connectivity index (χ1) is 11.7. The summed E-state index contributed by atoms with van der Waals surface area (Å²) in [6.45, 7) is 0. The fourth-order valence-corrected chi connectivity index (χ4v) is 3.19. The van der Waals surface area contributed by atoms with Crippen LogP contribution in [0, 0.1) is 5.82 Å². The van der Waals surface area contributed by atoms with Gasteiger partial charge in [0.05, 0.1) is 6.10 Å². The predicted octanol–water partition coefficient (Wildman–Crippen LogP) is 4.18. The van der Waals surface area contributed by atoms with Crippen LogP contribution in [0.4, 0.5) is 4.39 Å². The summed E-state index contributed by atoms with van der Waals surface area (Å²) >= 11 is 0. The minimum Gasteiger partial charge on any atom is -0.381 e. The number of rotatable bonds is 4. The van der Waals surface area contributed by atoms with Crippen LogP contribution in [0.2, 0.25) is 0 Å². The molecule has 3 rings (SSSR count). The lowest BCUT2D eigenvalue weighted by Crippen LogP contribution is -2.38. The van der Waals surface area contributed by atoms with Crippen LogP contribution in [0.5, 0.6) is 0 Å². The van der Waals surface area contributed by atoms with E-state index in [4.69, 9.17) is 4.74 Å². The molecule has 1 saturated carbocycles. The lowest BCUT2D eigenvalue weighted by atomic mass is 9.92. The first kappa shape index (κ1) is 16.7. The van der Waals surface area contributed by atoms with Gasteiger partial charge in [0.2, 0.25) is 0 Å². The molecule has 3 nitrogen and oxygen atoms in total. The highest BCUT2D eigenvalue weighted by molar-refractivity contribution is 5.95. The number of hydrogen-bond acceptors (Lipinski definition) is 2. The van der Waals surface area contributed by atoms with E-state index in [0.717, 1.165) is 36.8 Å². The lowest BCUT2D eigenvalue weighted by molar-refractivity contribution is 0.0599. The summed E-state index contributed by atoms with van der Waals surface area (Å²) in [5.74, 6) is -0.320.